The van der Waals surface area contributed by atoms with Crippen LogP contribution in [0.4, 0.5) is 4.39 Å². The molecule has 2 amide bonds. The number of aryl methyl sites for hydroxylation is 2. The molecule has 5 aliphatic rings. The molecule has 5 aromatic rings. The Bertz CT molecular complexity index is 2460. The van der Waals surface area contributed by atoms with Gasteiger partial charge in [-0.15, -0.1) is 0 Å². The van der Waals surface area contributed by atoms with Crippen molar-refractivity contribution >= 4 is 56.8 Å². The zero-order chi connectivity index (χ0) is 39.0. The second-order valence-electron chi connectivity index (χ2n) is 16.1. The van der Waals surface area contributed by atoms with Gasteiger partial charge in [0.15, 0.2) is 5.82 Å². The van der Waals surface area contributed by atoms with Crippen LogP contribution in [-0.4, -0.2) is 70.5 Å². The van der Waals surface area contributed by atoms with Crippen molar-refractivity contribution in [1.82, 2.24) is 24.7 Å². The number of ether oxygens (including phenoxy) is 1. The summed E-state index contributed by atoms with van der Waals surface area (Å²) in [6.07, 6.45) is 3.72. The molecular weight excluding hydrogens is 750 g/mol. The standard InChI is InChI=1S/C44H43Cl2FN6O3/c1-23-31-19-36(35-18-29(21-52(35)44(55)25-12-13-25)56-22-24-7-4-8-27(15-24)43(54)51(2)3)53(41-28-17-34(41)49-20-28)42(31)32-16-26(9-6-14-48)37(39(47)40(32)50-23)30-10-5-11-33(45)38(30)46/h4-5,7-8,10-11,15-16,19,25,28-29,34-35,41,49H,6,9,12-13,17-18,20-22H2,1-3H3. The van der Waals surface area contributed by atoms with Crippen LogP contribution in [0.15, 0.2) is 54.6 Å². The summed E-state index contributed by atoms with van der Waals surface area (Å²) >= 11 is 13.1. The minimum absolute atomic E-state index is 0.0158. The molecule has 3 aromatic carbocycles. The van der Waals surface area contributed by atoms with Crippen LogP contribution in [0, 0.1) is 35.9 Å². The van der Waals surface area contributed by atoms with Gasteiger partial charge in [0.2, 0.25) is 5.91 Å². The number of amides is 2. The van der Waals surface area contributed by atoms with Crippen molar-refractivity contribution in [3.8, 4) is 17.2 Å². The van der Waals surface area contributed by atoms with Gasteiger partial charge in [0.25, 0.3) is 5.91 Å². The van der Waals surface area contributed by atoms with Gasteiger partial charge in [-0.2, -0.15) is 5.26 Å². The maximum Gasteiger partial charge on any atom is 0.253 e. The molecule has 5 fully saturated rings. The highest BCUT2D eigenvalue weighted by Gasteiger charge is 2.51. The Kier molecular flexibility index (Phi) is 9.56. The number of carbonyl (C=O) groups is 2. The van der Waals surface area contributed by atoms with Gasteiger partial charge in [-0.1, -0.05) is 47.5 Å². The lowest BCUT2D eigenvalue weighted by Crippen LogP contribution is -2.41. The molecule has 3 saturated heterocycles. The Morgan fingerprint density at radius 2 is 1.89 bits per heavy atom. The number of aromatic nitrogens is 2. The molecule has 288 valence electrons. The summed E-state index contributed by atoms with van der Waals surface area (Å²) in [6, 6.07) is 19.2. The smallest absolute Gasteiger partial charge is 0.253 e. The van der Waals surface area contributed by atoms with Gasteiger partial charge in [0.1, 0.15) is 5.52 Å². The number of hydrogen-bond acceptors (Lipinski definition) is 6. The summed E-state index contributed by atoms with van der Waals surface area (Å²) in [5.41, 5.74) is 5.77. The zero-order valence-corrected chi connectivity index (χ0v) is 33.1. The van der Waals surface area contributed by atoms with Crippen molar-refractivity contribution in [3.63, 3.8) is 0 Å². The van der Waals surface area contributed by atoms with Gasteiger partial charge in [0, 0.05) is 90.8 Å². The van der Waals surface area contributed by atoms with Gasteiger partial charge in [-0.3, -0.25) is 9.59 Å². The van der Waals surface area contributed by atoms with Gasteiger partial charge in [-0.05, 0) is 80.0 Å². The van der Waals surface area contributed by atoms with E-state index < -0.39 is 5.82 Å². The predicted molar refractivity (Wildman–Crippen MR) is 215 cm³/mol. The minimum Gasteiger partial charge on any atom is -0.372 e. The summed E-state index contributed by atoms with van der Waals surface area (Å²) in [7, 11) is 3.47. The number of nitrogens with one attached hydrogen (secondary N) is 1. The molecule has 2 aromatic heterocycles. The molecule has 9 nitrogen and oxygen atoms in total. The van der Waals surface area contributed by atoms with Crippen LogP contribution >= 0.6 is 23.2 Å². The van der Waals surface area contributed by atoms with E-state index in [0.29, 0.717) is 70.3 Å². The monoisotopic (exact) mass is 792 g/mol. The molecule has 5 atom stereocenters. The Morgan fingerprint density at radius 1 is 1.09 bits per heavy atom. The number of fused-ring (bicyclic) bond motifs is 4. The molecule has 3 aliphatic heterocycles. The van der Waals surface area contributed by atoms with Crippen LogP contribution < -0.4 is 5.32 Å². The van der Waals surface area contributed by atoms with Crippen LogP contribution in [0.1, 0.15) is 77.1 Å². The van der Waals surface area contributed by atoms with Crippen LogP contribution in [0.5, 0.6) is 0 Å². The molecule has 12 heteroatoms. The number of likely N-dealkylation sites (tertiary alicyclic amines) is 1. The molecule has 2 saturated carbocycles. The maximum absolute atomic E-state index is 17.3. The maximum atomic E-state index is 17.3. The quantitative estimate of drug-likeness (QED) is 0.152. The first-order valence-corrected chi connectivity index (χ1v) is 20.2. The topological polar surface area (TPSA) is 103 Å². The van der Waals surface area contributed by atoms with Crippen LogP contribution in [0.2, 0.25) is 10.0 Å². The third kappa shape index (κ3) is 6.24. The summed E-state index contributed by atoms with van der Waals surface area (Å²) in [5, 5.41) is 15.5. The fraction of sp³-hybridized carbons (Fsp3) is 0.409. The average molecular weight is 794 g/mol. The van der Waals surface area contributed by atoms with E-state index in [0.717, 1.165) is 48.0 Å². The van der Waals surface area contributed by atoms with Gasteiger partial charge >= 0.3 is 0 Å². The largest absolute Gasteiger partial charge is 0.372 e. The Hall–Kier alpha value is -4.53. The number of nitrogens with zero attached hydrogens (tertiary/aromatic N) is 5. The number of pyridine rings is 1. The van der Waals surface area contributed by atoms with E-state index in [-0.39, 0.29) is 58.9 Å². The molecule has 10 rings (SSSR count). The zero-order valence-electron chi connectivity index (χ0n) is 31.6. The summed E-state index contributed by atoms with van der Waals surface area (Å²) in [4.78, 5) is 35.3. The van der Waals surface area contributed by atoms with E-state index in [1.54, 1.807) is 43.3 Å². The molecule has 2 bridgehead atoms. The van der Waals surface area contributed by atoms with Gasteiger partial charge in [-0.25, -0.2) is 9.37 Å². The van der Waals surface area contributed by atoms with Crippen LogP contribution in [-0.2, 0) is 22.6 Å². The number of halogens is 3. The van der Waals surface area contributed by atoms with E-state index in [1.165, 1.54) is 0 Å². The summed E-state index contributed by atoms with van der Waals surface area (Å²) in [6.45, 7) is 3.59. The summed E-state index contributed by atoms with van der Waals surface area (Å²) in [5.74, 6) is -0.00524. The van der Waals surface area contributed by atoms with E-state index in [1.807, 2.05) is 36.1 Å². The molecular formula is C44H43Cl2FN6O3. The number of nitriles is 1. The minimum atomic E-state index is -0.496. The van der Waals surface area contributed by atoms with Crippen molar-refractivity contribution in [3.05, 3.63) is 98.5 Å². The first-order chi connectivity index (χ1) is 27.0. The van der Waals surface area contributed by atoms with Gasteiger partial charge < -0.3 is 24.4 Å². The molecule has 0 spiro atoms. The fourth-order valence-electron chi connectivity index (χ4n) is 9.37. The highest BCUT2D eigenvalue weighted by atomic mass is 35.5. The Balaban J connectivity index is 1.18. The lowest BCUT2D eigenvalue weighted by Gasteiger charge is -2.39. The Morgan fingerprint density at radius 3 is 2.61 bits per heavy atom. The highest BCUT2D eigenvalue weighted by molar-refractivity contribution is 6.43. The second-order valence-corrected chi connectivity index (χ2v) is 16.9. The van der Waals surface area contributed by atoms with Crippen molar-refractivity contribution in [2.75, 3.05) is 27.2 Å². The first kappa shape index (κ1) is 37.1. The molecule has 2 aliphatic carbocycles. The predicted octanol–water partition coefficient (Wildman–Crippen LogP) is 8.57. The van der Waals surface area contributed by atoms with Crippen LogP contribution in [0.25, 0.3) is 32.9 Å². The SMILES string of the molecule is Cc1nc2c(F)c(-c3cccc(Cl)c3Cl)c(CCC#N)cc2c2c1cc(C1CC(OCc3cccc(C(=O)N(C)C)c3)CN1C(=O)C1CC1)n2C1C2CNC1C2. The molecule has 5 unspecified atom stereocenters. The van der Waals surface area contributed by atoms with Crippen molar-refractivity contribution < 1.29 is 18.7 Å². The molecule has 0 radical (unpaired) electrons. The van der Waals surface area contributed by atoms with Crippen molar-refractivity contribution in [1.29, 1.82) is 5.26 Å². The lowest BCUT2D eigenvalue weighted by atomic mass is 9.79. The number of benzene rings is 3. The third-order valence-electron chi connectivity index (χ3n) is 12.3. The molecule has 56 heavy (non-hydrogen) atoms. The second kappa shape index (κ2) is 14.4. The van der Waals surface area contributed by atoms with E-state index in [2.05, 4.69) is 22.0 Å². The van der Waals surface area contributed by atoms with Crippen molar-refractivity contribution in [2.45, 2.75) is 76.3 Å². The number of rotatable bonds is 10. The summed E-state index contributed by atoms with van der Waals surface area (Å²) < 4.78 is 26.2. The van der Waals surface area contributed by atoms with Gasteiger partial charge in [0.05, 0.1) is 46.4 Å². The van der Waals surface area contributed by atoms with E-state index in [4.69, 9.17) is 32.9 Å². The van der Waals surface area contributed by atoms with Crippen LogP contribution in [0.3, 0.4) is 0 Å². The van der Waals surface area contributed by atoms with E-state index in [9.17, 15) is 14.9 Å². The van der Waals surface area contributed by atoms with E-state index >= 15 is 4.39 Å². The molecule has 1 N–H and O–H groups in total. The highest BCUT2D eigenvalue weighted by Crippen LogP contribution is 2.51. The first-order valence-electron chi connectivity index (χ1n) is 19.5. The normalized spacial score (nSPS) is 22.8. The number of hydrogen-bond donors (Lipinski definition) is 1. The third-order valence-corrected chi connectivity index (χ3v) is 13.1. The fourth-order valence-corrected chi connectivity index (χ4v) is 9.77. The average Bonchev–Trinajstić information content (AvgIpc) is 3.48. The van der Waals surface area contributed by atoms with Crippen molar-refractivity contribution in [2.24, 2.45) is 11.8 Å². The Labute approximate surface area is 335 Å². The lowest BCUT2D eigenvalue weighted by molar-refractivity contribution is -0.134. The molecule has 5 heterocycles. The number of carbonyl (C=O) groups excluding carboxylic acids is 2.